The Kier molecular flexibility index (Phi) is 7.37. The van der Waals surface area contributed by atoms with E-state index in [2.05, 4.69) is 17.6 Å². The van der Waals surface area contributed by atoms with E-state index in [1.165, 1.54) is 4.57 Å². The molecule has 2 rings (SSSR count). The van der Waals surface area contributed by atoms with Crippen LogP contribution in [-0.2, 0) is 11.3 Å². The fourth-order valence-electron chi connectivity index (χ4n) is 2.75. The van der Waals surface area contributed by atoms with Gasteiger partial charge < -0.3 is 20.1 Å². The summed E-state index contributed by atoms with van der Waals surface area (Å²) in [7, 11) is 1.73. The minimum absolute atomic E-state index is 0.0557. The molecule has 0 fully saturated rings. The van der Waals surface area contributed by atoms with E-state index >= 15 is 0 Å². The summed E-state index contributed by atoms with van der Waals surface area (Å²) in [5.41, 5.74) is 2.03. The van der Waals surface area contributed by atoms with E-state index in [-0.39, 0.29) is 18.1 Å². The van der Waals surface area contributed by atoms with E-state index in [0.717, 1.165) is 18.4 Å². The van der Waals surface area contributed by atoms with Crippen molar-refractivity contribution in [3.63, 3.8) is 0 Å². The lowest BCUT2D eigenvalue weighted by molar-refractivity contribution is -0.130. The van der Waals surface area contributed by atoms with Crippen molar-refractivity contribution in [2.75, 3.05) is 24.2 Å². The zero-order chi connectivity index (χ0) is 20.7. The minimum Gasteiger partial charge on any atom is -0.344 e. The number of nitrogens with one attached hydrogen (secondary N) is 2. The third-order valence-corrected chi connectivity index (χ3v) is 4.48. The third-order valence-electron chi connectivity index (χ3n) is 4.48. The van der Waals surface area contributed by atoms with Gasteiger partial charge in [0.1, 0.15) is 12.2 Å². The molecule has 1 aromatic carbocycles. The summed E-state index contributed by atoms with van der Waals surface area (Å²) in [4.78, 5) is 39.0. The van der Waals surface area contributed by atoms with Crippen molar-refractivity contribution in [1.29, 1.82) is 0 Å². The lowest BCUT2D eigenvalue weighted by atomic mass is 10.2. The Balaban J connectivity index is 2.12. The van der Waals surface area contributed by atoms with Crippen LogP contribution in [0.25, 0.3) is 0 Å². The highest BCUT2D eigenvalue weighted by molar-refractivity contribution is 5.99. The second-order valence-electron chi connectivity index (χ2n) is 6.90. The Morgan fingerprint density at radius 1 is 1.11 bits per heavy atom. The molecule has 0 atom stereocenters. The van der Waals surface area contributed by atoms with E-state index in [1.807, 2.05) is 25.1 Å². The lowest BCUT2D eigenvalue weighted by Crippen LogP contribution is -2.36. The maximum Gasteiger partial charge on any atom is 0.323 e. The molecule has 0 saturated heterocycles. The maximum absolute atomic E-state index is 12.8. The van der Waals surface area contributed by atoms with Gasteiger partial charge in [-0.05, 0) is 50.1 Å². The molecule has 150 valence electrons. The molecule has 2 aromatic rings. The van der Waals surface area contributed by atoms with Crippen molar-refractivity contribution >= 4 is 23.3 Å². The Bertz CT molecular complexity index is 905. The van der Waals surface area contributed by atoms with Gasteiger partial charge in [0.25, 0.3) is 5.56 Å². The van der Waals surface area contributed by atoms with Gasteiger partial charge in [0.2, 0.25) is 5.91 Å². The number of unbranched alkanes of at least 4 members (excludes halogenated alkanes) is 1. The van der Waals surface area contributed by atoms with E-state index in [4.69, 9.17) is 0 Å². The number of nitrogens with zero attached hydrogens (tertiary/aromatic N) is 2. The summed E-state index contributed by atoms with van der Waals surface area (Å²) in [6, 6.07) is 10.1. The number of hydrogen-bond donors (Lipinski definition) is 2. The van der Waals surface area contributed by atoms with Crippen LogP contribution in [0.4, 0.5) is 16.2 Å². The zero-order valence-electron chi connectivity index (χ0n) is 16.9. The van der Waals surface area contributed by atoms with Gasteiger partial charge in [-0.25, -0.2) is 4.79 Å². The number of amides is 3. The second kappa shape index (κ2) is 9.73. The van der Waals surface area contributed by atoms with Gasteiger partial charge in [-0.1, -0.05) is 25.5 Å². The average Bonchev–Trinajstić information content (AvgIpc) is 2.65. The largest absolute Gasteiger partial charge is 0.344 e. The van der Waals surface area contributed by atoms with Gasteiger partial charge in [0.15, 0.2) is 0 Å². The summed E-state index contributed by atoms with van der Waals surface area (Å²) >= 11 is 0. The first-order valence-corrected chi connectivity index (χ1v) is 9.41. The highest BCUT2D eigenvalue weighted by Gasteiger charge is 2.14. The van der Waals surface area contributed by atoms with Gasteiger partial charge in [-0.15, -0.1) is 0 Å². The highest BCUT2D eigenvalue weighted by atomic mass is 16.2. The van der Waals surface area contributed by atoms with E-state index < -0.39 is 11.6 Å². The molecular formula is C21H28N4O3. The highest BCUT2D eigenvalue weighted by Crippen LogP contribution is 2.10. The second-order valence-corrected chi connectivity index (χ2v) is 6.90. The number of carbonyl (C=O) groups excluding carboxylic acids is 2. The molecule has 0 aliphatic rings. The fraction of sp³-hybridized carbons (Fsp3) is 0.381. The number of anilines is 2. The normalized spacial score (nSPS) is 10.4. The topological polar surface area (TPSA) is 83.4 Å². The SMILES string of the molecule is CCCCN(C)C(=O)Cn1c(C)ccc(NC(=O)Nc2cccc(C)c2)c1=O. The van der Waals surface area contributed by atoms with Crippen LogP contribution in [0.15, 0.2) is 41.2 Å². The average molecular weight is 384 g/mol. The molecule has 7 heteroatoms. The summed E-state index contributed by atoms with van der Waals surface area (Å²) in [5, 5.41) is 5.28. The van der Waals surface area contributed by atoms with Crippen molar-refractivity contribution in [3.05, 3.63) is 58.0 Å². The lowest BCUT2D eigenvalue weighted by Gasteiger charge is -2.19. The Labute approximate surface area is 165 Å². The number of urea groups is 1. The summed E-state index contributed by atoms with van der Waals surface area (Å²) in [6.45, 7) is 6.34. The number of aryl methyl sites for hydroxylation is 2. The summed E-state index contributed by atoms with van der Waals surface area (Å²) < 4.78 is 1.38. The molecule has 1 heterocycles. The van der Waals surface area contributed by atoms with Gasteiger partial charge in [0.05, 0.1) is 0 Å². The predicted octanol–water partition coefficient (Wildman–Crippen LogP) is 3.37. The van der Waals surface area contributed by atoms with Crippen LogP contribution in [0.5, 0.6) is 0 Å². The molecule has 0 radical (unpaired) electrons. The van der Waals surface area contributed by atoms with E-state index in [0.29, 0.717) is 17.9 Å². The molecule has 0 aliphatic heterocycles. The third kappa shape index (κ3) is 5.70. The molecule has 7 nitrogen and oxygen atoms in total. The van der Waals surface area contributed by atoms with Crippen LogP contribution in [0.3, 0.4) is 0 Å². The van der Waals surface area contributed by atoms with E-state index in [1.54, 1.807) is 37.1 Å². The molecule has 0 unspecified atom stereocenters. The number of likely N-dealkylation sites (N-methyl/N-ethyl adjacent to an activating group) is 1. The fourth-order valence-corrected chi connectivity index (χ4v) is 2.75. The van der Waals surface area contributed by atoms with Crippen molar-refractivity contribution in [2.24, 2.45) is 0 Å². The molecule has 0 bridgehead atoms. The zero-order valence-corrected chi connectivity index (χ0v) is 16.9. The van der Waals surface area contributed by atoms with Crippen LogP contribution in [0, 0.1) is 13.8 Å². The summed E-state index contributed by atoms with van der Waals surface area (Å²) in [5.74, 6) is -0.139. The van der Waals surface area contributed by atoms with Crippen LogP contribution < -0.4 is 16.2 Å². The number of rotatable bonds is 7. The van der Waals surface area contributed by atoms with E-state index in [9.17, 15) is 14.4 Å². The molecule has 3 amide bonds. The number of benzene rings is 1. The monoisotopic (exact) mass is 384 g/mol. The number of carbonyl (C=O) groups is 2. The minimum atomic E-state index is -0.510. The van der Waals surface area contributed by atoms with Crippen LogP contribution in [0.2, 0.25) is 0 Å². The number of aromatic nitrogens is 1. The van der Waals surface area contributed by atoms with Gasteiger partial charge in [0, 0.05) is 25.0 Å². The smallest absolute Gasteiger partial charge is 0.323 e. The predicted molar refractivity (Wildman–Crippen MR) is 112 cm³/mol. The molecule has 28 heavy (non-hydrogen) atoms. The first-order chi connectivity index (χ1) is 13.3. The maximum atomic E-state index is 12.8. The van der Waals surface area contributed by atoms with Crippen LogP contribution in [0.1, 0.15) is 31.0 Å². The Morgan fingerprint density at radius 2 is 1.86 bits per heavy atom. The molecular weight excluding hydrogens is 356 g/mol. The summed E-state index contributed by atoms with van der Waals surface area (Å²) in [6.07, 6.45) is 1.91. The number of pyridine rings is 1. The van der Waals surface area contributed by atoms with Crippen molar-refractivity contribution in [1.82, 2.24) is 9.47 Å². The Morgan fingerprint density at radius 3 is 2.54 bits per heavy atom. The molecule has 0 spiro atoms. The first-order valence-electron chi connectivity index (χ1n) is 9.41. The standard InChI is InChI=1S/C21H28N4O3/c1-5-6-12-24(4)19(26)14-25-16(3)10-11-18(20(25)27)23-21(28)22-17-9-7-8-15(2)13-17/h7-11,13H,5-6,12,14H2,1-4H3,(H2,22,23,28). The molecule has 0 aliphatic carbocycles. The van der Waals surface area contributed by atoms with Gasteiger partial charge in [-0.3, -0.25) is 9.59 Å². The van der Waals surface area contributed by atoms with Crippen LogP contribution in [-0.4, -0.2) is 35.0 Å². The van der Waals surface area contributed by atoms with Gasteiger partial charge >= 0.3 is 6.03 Å². The van der Waals surface area contributed by atoms with Crippen LogP contribution >= 0.6 is 0 Å². The molecule has 0 saturated carbocycles. The molecule has 1 aromatic heterocycles. The number of hydrogen-bond acceptors (Lipinski definition) is 3. The van der Waals surface area contributed by atoms with Gasteiger partial charge in [-0.2, -0.15) is 0 Å². The first kappa shape index (κ1) is 21.2. The Hall–Kier alpha value is -3.09. The van der Waals surface area contributed by atoms with Crippen molar-refractivity contribution < 1.29 is 9.59 Å². The van der Waals surface area contributed by atoms with Crippen molar-refractivity contribution in [3.8, 4) is 0 Å². The quantitative estimate of drug-likeness (QED) is 0.768. The van der Waals surface area contributed by atoms with Crippen molar-refractivity contribution in [2.45, 2.75) is 40.2 Å². The molecule has 2 N–H and O–H groups in total.